The minimum atomic E-state index is -0.360. The molecule has 2 aromatic rings. The average molecular weight is 431 g/mol. The van der Waals surface area contributed by atoms with Crippen molar-refractivity contribution in [2.75, 3.05) is 47.1 Å². The first-order chi connectivity index (χ1) is 14.6. The molecular formula is C22H26N2O5S. The molecule has 2 aliphatic rings. The van der Waals surface area contributed by atoms with Gasteiger partial charge in [0.05, 0.1) is 32.3 Å². The fourth-order valence-electron chi connectivity index (χ4n) is 3.86. The van der Waals surface area contributed by atoms with Crippen LogP contribution in [0.4, 0.5) is 0 Å². The summed E-state index contributed by atoms with van der Waals surface area (Å²) >= 11 is 1.44. The summed E-state index contributed by atoms with van der Waals surface area (Å²) in [7, 11) is 3.01. The van der Waals surface area contributed by atoms with Gasteiger partial charge < -0.3 is 18.8 Å². The van der Waals surface area contributed by atoms with Crippen LogP contribution in [0.15, 0.2) is 36.1 Å². The largest absolute Gasteiger partial charge is 0.497 e. The fourth-order valence-corrected chi connectivity index (χ4v) is 5.04. The lowest BCUT2D eigenvalue weighted by Crippen LogP contribution is -2.38. The molecule has 0 bridgehead atoms. The number of methoxy groups -OCH3 is 2. The first kappa shape index (κ1) is 20.8. The summed E-state index contributed by atoms with van der Waals surface area (Å²) < 4.78 is 17.6. The molecule has 3 heterocycles. The van der Waals surface area contributed by atoms with E-state index in [4.69, 9.17) is 14.2 Å². The van der Waals surface area contributed by atoms with Crippen LogP contribution in [0.25, 0.3) is 10.2 Å². The van der Waals surface area contributed by atoms with Gasteiger partial charge in [-0.05, 0) is 30.7 Å². The van der Waals surface area contributed by atoms with Gasteiger partial charge >= 0.3 is 5.97 Å². The number of nitrogens with zero attached hydrogens (tertiary/aromatic N) is 2. The summed E-state index contributed by atoms with van der Waals surface area (Å²) in [5.41, 5.74) is 0.524. The third kappa shape index (κ3) is 4.21. The number of esters is 1. The molecule has 0 radical (unpaired) electrons. The van der Waals surface area contributed by atoms with Crippen molar-refractivity contribution in [3.05, 3.63) is 46.7 Å². The van der Waals surface area contributed by atoms with E-state index in [-0.39, 0.29) is 17.7 Å². The molecular weight excluding hydrogens is 404 g/mol. The fraction of sp³-hybridized carbons (Fsp3) is 0.455. The molecule has 0 spiro atoms. The molecule has 7 nitrogen and oxygen atoms in total. The number of hydrogen-bond donors (Lipinski definition) is 0. The highest BCUT2D eigenvalue weighted by atomic mass is 32.1. The van der Waals surface area contributed by atoms with E-state index in [0.29, 0.717) is 23.5 Å². The Kier molecular flexibility index (Phi) is 6.36. The summed E-state index contributed by atoms with van der Waals surface area (Å²) in [6.07, 6.45) is 6.31. The topological polar surface area (TPSA) is 70.0 Å². The highest BCUT2D eigenvalue weighted by Crippen LogP contribution is 2.32. The van der Waals surface area contributed by atoms with E-state index < -0.39 is 0 Å². The summed E-state index contributed by atoms with van der Waals surface area (Å²) in [5, 5.41) is 0.902. The van der Waals surface area contributed by atoms with Crippen molar-refractivity contribution in [3.63, 3.8) is 0 Å². The van der Waals surface area contributed by atoms with Crippen LogP contribution in [0, 0.1) is 5.92 Å². The smallest absolute Gasteiger partial charge is 0.354 e. The number of hydrogen-bond acceptors (Lipinski definition) is 7. The van der Waals surface area contributed by atoms with Crippen molar-refractivity contribution in [2.24, 2.45) is 5.92 Å². The second-order valence-corrected chi connectivity index (χ2v) is 8.40. The van der Waals surface area contributed by atoms with Crippen LogP contribution in [0.1, 0.15) is 26.6 Å². The van der Waals surface area contributed by atoms with Crippen LogP contribution in [-0.4, -0.2) is 68.3 Å². The van der Waals surface area contributed by atoms with Crippen LogP contribution < -0.4 is 0 Å². The molecule has 0 amide bonds. The molecule has 2 aromatic heterocycles. The maximum Gasteiger partial charge on any atom is 0.354 e. The second-order valence-electron chi connectivity index (χ2n) is 7.37. The minimum Gasteiger partial charge on any atom is -0.497 e. The molecule has 8 heteroatoms. The molecule has 30 heavy (non-hydrogen) atoms. The third-order valence-electron chi connectivity index (χ3n) is 5.59. The van der Waals surface area contributed by atoms with Gasteiger partial charge in [-0.1, -0.05) is 6.08 Å². The summed E-state index contributed by atoms with van der Waals surface area (Å²) in [6.45, 7) is 4.71. The number of carbonyl (C=O) groups excluding carboxylic acids is 2. The van der Waals surface area contributed by atoms with Gasteiger partial charge in [0.15, 0.2) is 5.78 Å². The zero-order chi connectivity index (χ0) is 21.1. The molecule has 160 valence electrons. The molecule has 0 aromatic carbocycles. The second kappa shape index (κ2) is 9.16. The van der Waals surface area contributed by atoms with E-state index in [1.54, 1.807) is 7.11 Å². The van der Waals surface area contributed by atoms with E-state index in [0.717, 1.165) is 48.8 Å². The predicted molar refractivity (Wildman–Crippen MR) is 115 cm³/mol. The molecule has 0 N–H and O–H groups in total. The number of Topliss-reactive ketones (excluding diaryl/α,β-unsaturated/α-hetero) is 1. The summed E-state index contributed by atoms with van der Waals surface area (Å²) in [5.74, 6) is 0.333. The third-order valence-corrected chi connectivity index (χ3v) is 6.78. The number of aromatic nitrogens is 1. The normalized spacial score (nSPS) is 19.7. The summed E-state index contributed by atoms with van der Waals surface area (Å²) in [4.78, 5) is 29.3. The van der Waals surface area contributed by atoms with Crippen molar-refractivity contribution in [2.45, 2.75) is 13.0 Å². The standard InChI is InChI=1S/C22H26N2O5S/c1-27-17-5-3-15(4-6-17)20(25)19-14-16-13-18(22(26)28-2)24(21(16)30-19)8-7-23-9-11-29-12-10-23/h3,5-6,13-15H,4,7-12H2,1-2H3. The van der Waals surface area contributed by atoms with E-state index in [1.807, 2.05) is 34.9 Å². The van der Waals surface area contributed by atoms with E-state index >= 15 is 0 Å². The van der Waals surface area contributed by atoms with Crippen molar-refractivity contribution in [1.29, 1.82) is 0 Å². The van der Waals surface area contributed by atoms with Crippen LogP contribution in [0.2, 0.25) is 0 Å². The first-order valence-electron chi connectivity index (χ1n) is 10.1. The summed E-state index contributed by atoms with van der Waals surface area (Å²) in [6, 6.07) is 3.72. The van der Waals surface area contributed by atoms with Crippen LogP contribution in [-0.2, 0) is 20.8 Å². The first-order valence-corrected chi connectivity index (χ1v) is 10.9. The Balaban J connectivity index is 1.58. The number of rotatable bonds is 7. The Labute approximate surface area is 179 Å². The molecule has 1 aliphatic carbocycles. The zero-order valence-electron chi connectivity index (χ0n) is 17.3. The highest BCUT2D eigenvalue weighted by molar-refractivity contribution is 7.20. The van der Waals surface area contributed by atoms with Gasteiger partial charge in [-0.25, -0.2) is 4.79 Å². The SMILES string of the molecule is COC(=O)c1cc2cc(C(=O)C3C=CC(OC)=CC3)sc2n1CCN1CCOCC1. The molecule has 1 atom stereocenters. The van der Waals surface area contributed by atoms with E-state index in [1.165, 1.54) is 18.4 Å². The van der Waals surface area contributed by atoms with Crippen LogP contribution >= 0.6 is 11.3 Å². The lowest BCUT2D eigenvalue weighted by atomic mass is 9.94. The predicted octanol–water partition coefficient (Wildman–Crippen LogP) is 3.11. The number of ether oxygens (including phenoxy) is 3. The number of thiophene rings is 1. The van der Waals surface area contributed by atoms with Crippen molar-refractivity contribution >= 4 is 33.3 Å². The van der Waals surface area contributed by atoms with Gasteiger partial charge in [-0.3, -0.25) is 9.69 Å². The zero-order valence-corrected chi connectivity index (χ0v) is 18.1. The van der Waals surface area contributed by atoms with Gasteiger partial charge in [-0.15, -0.1) is 11.3 Å². The maximum atomic E-state index is 13.0. The lowest BCUT2D eigenvalue weighted by Gasteiger charge is -2.26. The molecule has 1 aliphatic heterocycles. The van der Waals surface area contributed by atoms with Gasteiger partial charge in [0.2, 0.25) is 0 Å². The quantitative estimate of drug-likeness (QED) is 0.497. The monoisotopic (exact) mass is 430 g/mol. The molecule has 0 saturated carbocycles. The molecule has 1 saturated heterocycles. The van der Waals surface area contributed by atoms with Crippen molar-refractivity contribution < 1.29 is 23.8 Å². The van der Waals surface area contributed by atoms with E-state index in [9.17, 15) is 9.59 Å². The van der Waals surface area contributed by atoms with Gasteiger partial charge in [0, 0.05) is 37.5 Å². The van der Waals surface area contributed by atoms with Crippen LogP contribution in [0.3, 0.4) is 0 Å². The van der Waals surface area contributed by atoms with Gasteiger partial charge in [-0.2, -0.15) is 0 Å². The molecule has 1 unspecified atom stereocenters. The Hall–Kier alpha value is -2.42. The minimum absolute atomic E-state index is 0.0956. The van der Waals surface area contributed by atoms with Gasteiger partial charge in [0.25, 0.3) is 0 Å². The number of ketones is 1. The number of fused-ring (bicyclic) bond motifs is 1. The maximum absolute atomic E-state index is 13.0. The Morgan fingerprint density at radius 2 is 2.00 bits per heavy atom. The Bertz CT molecular complexity index is 997. The van der Waals surface area contributed by atoms with Crippen molar-refractivity contribution in [3.8, 4) is 0 Å². The van der Waals surface area contributed by atoms with Crippen LogP contribution in [0.5, 0.6) is 0 Å². The Morgan fingerprint density at radius 1 is 1.20 bits per heavy atom. The number of morpholine rings is 1. The molecule has 1 fully saturated rings. The van der Waals surface area contributed by atoms with Crippen molar-refractivity contribution in [1.82, 2.24) is 9.47 Å². The Morgan fingerprint density at radius 3 is 2.67 bits per heavy atom. The highest BCUT2D eigenvalue weighted by Gasteiger charge is 2.25. The average Bonchev–Trinajstić information content (AvgIpc) is 3.36. The number of allylic oxidation sites excluding steroid dienone is 3. The van der Waals surface area contributed by atoms with Gasteiger partial charge in [0.1, 0.15) is 16.3 Å². The number of carbonyl (C=O) groups is 2. The van der Waals surface area contributed by atoms with E-state index in [2.05, 4.69) is 4.90 Å². The molecule has 4 rings (SSSR count). The lowest BCUT2D eigenvalue weighted by molar-refractivity contribution is 0.0361.